The van der Waals surface area contributed by atoms with Crippen LogP contribution in [0.25, 0.3) is 0 Å². The summed E-state index contributed by atoms with van der Waals surface area (Å²) in [5.41, 5.74) is 2.54. The van der Waals surface area contributed by atoms with Crippen molar-refractivity contribution in [2.75, 3.05) is 11.9 Å². The fraction of sp³-hybridized carbons (Fsp3) is 0.588. The highest BCUT2D eigenvalue weighted by Gasteiger charge is 2.43. The first-order valence-electron chi connectivity index (χ1n) is 7.92. The Morgan fingerprint density at radius 1 is 1.20 bits per heavy atom. The van der Waals surface area contributed by atoms with Crippen LogP contribution in [0.15, 0.2) is 24.3 Å². The molecular formula is C17H22N2O. The van der Waals surface area contributed by atoms with Crippen LogP contribution in [-0.4, -0.2) is 18.5 Å². The highest BCUT2D eigenvalue weighted by Crippen LogP contribution is 2.48. The minimum atomic E-state index is 0.247. The molecule has 4 atom stereocenters. The summed E-state index contributed by atoms with van der Waals surface area (Å²) < 4.78 is 0. The predicted molar refractivity (Wildman–Crippen MR) is 79.5 cm³/mol. The topological polar surface area (TPSA) is 41.1 Å². The highest BCUT2D eigenvalue weighted by atomic mass is 16.2. The first-order chi connectivity index (χ1) is 9.79. The van der Waals surface area contributed by atoms with Crippen molar-refractivity contribution in [3.8, 4) is 0 Å². The average Bonchev–Trinajstić information content (AvgIpc) is 3.10. The molecule has 2 aliphatic carbocycles. The molecule has 2 saturated carbocycles. The molecule has 0 spiro atoms. The molecule has 2 fully saturated rings. The van der Waals surface area contributed by atoms with Gasteiger partial charge >= 0.3 is 0 Å². The van der Waals surface area contributed by atoms with Crippen LogP contribution >= 0.6 is 0 Å². The molecule has 3 heteroatoms. The van der Waals surface area contributed by atoms with E-state index in [1.54, 1.807) is 0 Å². The number of nitrogens with one attached hydrogen (secondary N) is 2. The molecule has 4 rings (SSSR count). The van der Waals surface area contributed by atoms with E-state index in [0.29, 0.717) is 17.7 Å². The van der Waals surface area contributed by atoms with E-state index >= 15 is 0 Å². The summed E-state index contributed by atoms with van der Waals surface area (Å²) in [4.78, 5) is 12.5. The minimum Gasteiger partial charge on any atom is -0.383 e. The number of rotatable bonds is 2. The summed E-state index contributed by atoms with van der Waals surface area (Å²) in [5, 5.41) is 6.71. The van der Waals surface area contributed by atoms with Crippen LogP contribution in [0.2, 0.25) is 0 Å². The number of hydrogen-bond acceptors (Lipinski definition) is 2. The third-order valence-electron chi connectivity index (χ3n) is 5.44. The molecule has 20 heavy (non-hydrogen) atoms. The quantitative estimate of drug-likeness (QED) is 0.867. The number of fused-ring (bicyclic) bond motifs is 3. The fourth-order valence-electron chi connectivity index (χ4n) is 4.42. The Bertz CT molecular complexity index is 527. The van der Waals surface area contributed by atoms with E-state index in [1.165, 1.54) is 30.5 Å². The van der Waals surface area contributed by atoms with E-state index in [4.69, 9.17) is 0 Å². The SMILES string of the molecule is O=C(NC1CNc2ccccc2C1)C1CC2CCC1C2. The number of carbonyl (C=O) groups is 1. The molecule has 2 N–H and O–H groups in total. The van der Waals surface area contributed by atoms with Gasteiger partial charge in [-0.1, -0.05) is 24.6 Å². The maximum atomic E-state index is 12.5. The second-order valence-electron chi connectivity index (χ2n) is 6.73. The van der Waals surface area contributed by atoms with Crippen molar-refractivity contribution in [1.82, 2.24) is 5.32 Å². The van der Waals surface area contributed by atoms with Crippen LogP contribution in [0.1, 0.15) is 31.2 Å². The lowest BCUT2D eigenvalue weighted by Crippen LogP contribution is -2.46. The number of amides is 1. The molecule has 1 heterocycles. The van der Waals surface area contributed by atoms with E-state index in [0.717, 1.165) is 25.3 Å². The van der Waals surface area contributed by atoms with Gasteiger partial charge in [-0.15, -0.1) is 0 Å². The van der Waals surface area contributed by atoms with Crippen molar-refractivity contribution in [3.05, 3.63) is 29.8 Å². The molecule has 3 aliphatic rings. The van der Waals surface area contributed by atoms with Crippen LogP contribution in [0.4, 0.5) is 5.69 Å². The number of anilines is 1. The summed E-state index contributed by atoms with van der Waals surface area (Å²) in [7, 11) is 0. The summed E-state index contributed by atoms with van der Waals surface area (Å²) in [6.45, 7) is 0.851. The van der Waals surface area contributed by atoms with Crippen molar-refractivity contribution in [1.29, 1.82) is 0 Å². The van der Waals surface area contributed by atoms with E-state index in [9.17, 15) is 4.79 Å². The van der Waals surface area contributed by atoms with Crippen LogP contribution in [0, 0.1) is 17.8 Å². The standard InChI is InChI=1S/C17H22N2O/c20-17(15-8-11-5-6-12(15)7-11)19-14-9-13-3-1-2-4-16(13)18-10-14/h1-4,11-12,14-15,18H,5-10H2,(H,19,20). The second-order valence-corrected chi connectivity index (χ2v) is 6.73. The van der Waals surface area contributed by atoms with Crippen molar-refractivity contribution in [2.45, 2.75) is 38.1 Å². The molecular weight excluding hydrogens is 248 g/mol. The molecule has 3 nitrogen and oxygen atoms in total. The summed E-state index contributed by atoms with van der Waals surface area (Å²) >= 11 is 0. The van der Waals surface area contributed by atoms with Gasteiger partial charge in [-0.25, -0.2) is 0 Å². The summed E-state index contributed by atoms with van der Waals surface area (Å²) in [5.74, 6) is 2.11. The van der Waals surface area contributed by atoms with Gasteiger partial charge in [-0.2, -0.15) is 0 Å². The normalized spacial score (nSPS) is 34.4. The second kappa shape index (κ2) is 4.80. The van der Waals surface area contributed by atoms with Crippen molar-refractivity contribution in [3.63, 3.8) is 0 Å². The van der Waals surface area contributed by atoms with Gasteiger partial charge in [0.15, 0.2) is 0 Å². The Labute approximate surface area is 120 Å². The highest BCUT2D eigenvalue weighted by molar-refractivity contribution is 5.80. The largest absolute Gasteiger partial charge is 0.383 e. The van der Waals surface area contributed by atoms with Gasteiger partial charge < -0.3 is 10.6 Å². The lowest BCUT2D eigenvalue weighted by Gasteiger charge is -2.29. The zero-order valence-electron chi connectivity index (χ0n) is 11.8. The Morgan fingerprint density at radius 2 is 2.10 bits per heavy atom. The maximum Gasteiger partial charge on any atom is 0.223 e. The first-order valence-corrected chi connectivity index (χ1v) is 7.92. The predicted octanol–water partition coefficient (Wildman–Crippen LogP) is 2.58. The first kappa shape index (κ1) is 12.2. The Kier molecular flexibility index (Phi) is 2.94. The van der Waals surface area contributed by atoms with E-state index < -0.39 is 0 Å². The van der Waals surface area contributed by atoms with Gasteiger partial charge in [0, 0.05) is 18.2 Å². The zero-order chi connectivity index (χ0) is 13.5. The van der Waals surface area contributed by atoms with Crippen LogP contribution < -0.4 is 10.6 Å². The number of hydrogen-bond donors (Lipinski definition) is 2. The third kappa shape index (κ3) is 2.09. The lowest BCUT2D eigenvalue weighted by atomic mass is 9.87. The number of para-hydroxylation sites is 1. The van der Waals surface area contributed by atoms with Crippen molar-refractivity contribution in [2.24, 2.45) is 17.8 Å². The number of carbonyl (C=O) groups excluding carboxylic acids is 1. The Balaban J connectivity index is 1.39. The molecule has 4 unspecified atom stereocenters. The molecule has 1 aliphatic heterocycles. The fourth-order valence-corrected chi connectivity index (χ4v) is 4.42. The van der Waals surface area contributed by atoms with Crippen LogP contribution in [0.5, 0.6) is 0 Å². The van der Waals surface area contributed by atoms with Gasteiger partial charge in [0.1, 0.15) is 0 Å². The van der Waals surface area contributed by atoms with E-state index in [2.05, 4.69) is 34.9 Å². The van der Waals surface area contributed by atoms with Gasteiger partial charge in [0.2, 0.25) is 5.91 Å². The molecule has 0 aromatic heterocycles. The summed E-state index contributed by atoms with van der Waals surface area (Å²) in [6, 6.07) is 8.64. The smallest absolute Gasteiger partial charge is 0.223 e. The van der Waals surface area contributed by atoms with Gasteiger partial charge in [0.05, 0.1) is 6.04 Å². The molecule has 1 aromatic carbocycles. The average molecular weight is 270 g/mol. The van der Waals surface area contributed by atoms with E-state index in [-0.39, 0.29) is 6.04 Å². The van der Waals surface area contributed by atoms with Crippen molar-refractivity contribution >= 4 is 11.6 Å². The summed E-state index contributed by atoms with van der Waals surface area (Å²) in [6.07, 6.45) is 6.01. The molecule has 106 valence electrons. The maximum absolute atomic E-state index is 12.5. The Morgan fingerprint density at radius 3 is 2.90 bits per heavy atom. The van der Waals surface area contributed by atoms with E-state index in [1.807, 2.05) is 0 Å². The van der Waals surface area contributed by atoms with Gasteiger partial charge in [0.25, 0.3) is 0 Å². The van der Waals surface area contributed by atoms with Crippen molar-refractivity contribution < 1.29 is 4.79 Å². The monoisotopic (exact) mass is 270 g/mol. The molecule has 1 amide bonds. The lowest BCUT2D eigenvalue weighted by molar-refractivity contribution is -0.127. The third-order valence-corrected chi connectivity index (χ3v) is 5.44. The van der Waals surface area contributed by atoms with Crippen LogP contribution in [-0.2, 0) is 11.2 Å². The Hall–Kier alpha value is -1.51. The zero-order valence-corrected chi connectivity index (χ0v) is 11.8. The van der Waals surface area contributed by atoms with Gasteiger partial charge in [-0.3, -0.25) is 4.79 Å². The molecule has 1 aromatic rings. The molecule has 2 bridgehead atoms. The molecule has 0 saturated heterocycles. The number of benzene rings is 1. The van der Waals surface area contributed by atoms with Crippen LogP contribution in [0.3, 0.4) is 0 Å². The minimum absolute atomic E-state index is 0.247. The van der Waals surface area contributed by atoms with Gasteiger partial charge in [-0.05, 0) is 49.1 Å². The molecule has 0 radical (unpaired) electrons.